The van der Waals surface area contributed by atoms with Gasteiger partial charge in [-0.1, -0.05) is 6.07 Å². The number of nitrogens with one attached hydrogen (secondary N) is 1. The van der Waals surface area contributed by atoms with Crippen molar-refractivity contribution < 1.29 is 8.42 Å². The van der Waals surface area contributed by atoms with E-state index in [0.29, 0.717) is 12.1 Å². The van der Waals surface area contributed by atoms with Crippen molar-refractivity contribution >= 4 is 9.84 Å². The van der Waals surface area contributed by atoms with Crippen molar-refractivity contribution in [2.75, 3.05) is 0 Å². The average Bonchev–Trinajstić information content (AvgIpc) is 2.69. The van der Waals surface area contributed by atoms with Gasteiger partial charge in [-0.15, -0.1) is 0 Å². The molecule has 1 aromatic rings. The SMILES string of the molecule is O=S(=O)(c1ccccn1)C1C[C@H]2CC[C@@H](C1)N2. The van der Waals surface area contributed by atoms with E-state index in [9.17, 15) is 8.42 Å². The van der Waals surface area contributed by atoms with Crippen molar-refractivity contribution in [3.05, 3.63) is 24.4 Å². The van der Waals surface area contributed by atoms with Gasteiger partial charge in [0.1, 0.15) is 0 Å². The molecule has 3 atom stereocenters. The minimum absolute atomic E-state index is 0.228. The molecule has 1 unspecified atom stereocenters. The number of pyridine rings is 1. The largest absolute Gasteiger partial charge is 0.311 e. The molecular weight excluding hydrogens is 236 g/mol. The Morgan fingerprint density at radius 2 is 1.88 bits per heavy atom. The monoisotopic (exact) mass is 252 g/mol. The molecule has 92 valence electrons. The Labute approximate surface area is 101 Å². The molecule has 0 radical (unpaired) electrons. The molecule has 0 aliphatic carbocycles. The number of nitrogens with zero attached hydrogens (tertiary/aromatic N) is 1. The lowest BCUT2D eigenvalue weighted by Gasteiger charge is -2.28. The van der Waals surface area contributed by atoms with Gasteiger partial charge < -0.3 is 5.32 Å². The number of aromatic nitrogens is 1. The molecule has 17 heavy (non-hydrogen) atoms. The van der Waals surface area contributed by atoms with Crippen LogP contribution in [0.5, 0.6) is 0 Å². The molecule has 3 rings (SSSR count). The van der Waals surface area contributed by atoms with Gasteiger partial charge in [0, 0.05) is 18.3 Å². The molecule has 0 saturated carbocycles. The van der Waals surface area contributed by atoms with Crippen LogP contribution in [0.3, 0.4) is 0 Å². The summed E-state index contributed by atoms with van der Waals surface area (Å²) in [5, 5.41) is 3.43. The molecule has 2 aliphatic heterocycles. The standard InChI is InChI=1S/C12H16N2O2S/c15-17(16,12-3-1-2-6-13-12)11-7-9-4-5-10(8-11)14-9/h1-3,6,9-11,14H,4-5,7-8H2/t9-,10+,11?. The maximum absolute atomic E-state index is 12.4. The lowest BCUT2D eigenvalue weighted by molar-refractivity contribution is 0.400. The minimum Gasteiger partial charge on any atom is -0.311 e. The number of fused-ring (bicyclic) bond motifs is 2. The van der Waals surface area contributed by atoms with E-state index < -0.39 is 9.84 Å². The second kappa shape index (κ2) is 4.07. The molecule has 0 amide bonds. The lowest BCUT2D eigenvalue weighted by atomic mass is 10.1. The van der Waals surface area contributed by atoms with Gasteiger partial charge >= 0.3 is 0 Å². The molecule has 1 aromatic heterocycles. The molecular formula is C12H16N2O2S. The summed E-state index contributed by atoms with van der Waals surface area (Å²) in [4.78, 5) is 3.99. The predicted octanol–water partition coefficient (Wildman–Crippen LogP) is 1.14. The van der Waals surface area contributed by atoms with Crippen molar-refractivity contribution in [3.63, 3.8) is 0 Å². The van der Waals surface area contributed by atoms with Crippen molar-refractivity contribution in [1.29, 1.82) is 0 Å². The van der Waals surface area contributed by atoms with Gasteiger partial charge in [0.15, 0.2) is 14.9 Å². The second-order valence-corrected chi connectivity index (χ2v) is 7.12. The summed E-state index contributed by atoms with van der Waals surface area (Å²) >= 11 is 0. The lowest BCUT2D eigenvalue weighted by Crippen LogP contribution is -2.43. The van der Waals surface area contributed by atoms with Crippen LogP contribution >= 0.6 is 0 Å². The van der Waals surface area contributed by atoms with E-state index in [1.54, 1.807) is 24.4 Å². The normalized spacial score (nSPS) is 32.6. The average molecular weight is 252 g/mol. The van der Waals surface area contributed by atoms with Gasteiger partial charge in [0.05, 0.1) is 5.25 Å². The number of hydrogen-bond acceptors (Lipinski definition) is 4. The van der Waals surface area contributed by atoms with Gasteiger partial charge in [0.25, 0.3) is 0 Å². The van der Waals surface area contributed by atoms with Crippen LogP contribution in [-0.2, 0) is 9.84 Å². The topological polar surface area (TPSA) is 59.1 Å². The van der Waals surface area contributed by atoms with Gasteiger partial charge in [-0.25, -0.2) is 13.4 Å². The molecule has 1 N–H and O–H groups in total. The zero-order valence-corrected chi connectivity index (χ0v) is 10.4. The summed E-state index contributed by atoms with van der Waals surface area (Å²) in [7, 11) is -3.24. The molecule has 5 heteroatoms. The number of sulfone groups is 1. The highest BCUT2D eigenvalue weighted by Crippen LogP contribution is 2.32. The van der Waals surface area contributed by atoms with Crippen LogP contribution in [0.2, 0.25) is 0 Å². The fourth-order valence-electron chi connectivity index (χ4n) is 2.94. The molecule has 2 fully saturated rings. The number of piperidine rings is 1. The quantitative estimate of drug-likeness (QED) is 0.857. The van der Waals surface area contributed by atoms with Crippen LogP contribution in [0.25, 0.3) is 0 Å². The Kier molecular flexibility index (Phi) is 2.67. The molecule has 0 spiro atoms. The van der Waals surface area contributed by atoms with Gasteiger partial charge in [0.2, 0.25) is 0 Å². The van der Waals surface area contributed by atoms with Gasteiger partial charge in [-0.2, -0.15) is 0 Å². The first kappa shape index (κ1) is 11.2. The fourth-order valence-corrected chi connectivity index (χ4v) is 4.73. The third-order valence-electron chi connectivity index (χ3n) is 3.80. The van der Waals surface area contributed by atoms with Crippen LogP contribution < -0.4 is 5.32 Å². The smallest absolute Gasteiger partial charge is 0.198 e. The molecule has 2 bridgehead atoms. The summed E-state index contributed by atoms with van der Waals surface area (Å²) in [5.74, 6) is 0. The van der Waals surface area contributed by atoms with E-state index in [0.717, 1.165) is 25.7 Å². The summed E-state index contributed by atoms with van der Waals surface area (Å²) in [6.07, 6.45) is 5.23. The molecule has 0 aromatic carbocycles. The van der Waals surface area contributed by atoms with E-state index in [2.05, 4.69) is 10.3 Å². The van der Waals surface area contributed by atoms with E-state index in [1.165, 1.54) is 0 Å². The van der Waals surface area contributed by atoms with Crippen LogP contribution in [0.1, 0.15) is 25.7 Å². The highest BCUT2D eigenvalue weighted by molar-refractivity contribution is 7.92. The molecule has 4 nitrogen and oxygen atoms in total. The zero-order valence-electron chi connectivity index (χ0n) is 9.54. The molecule has 3 heterocycles. The first-order valence-corrected chi connectivity index (χ1v) is 7.62. The van der Waals surface area contributed by atoms with Crippen molar-refractivity contribution in [2.24, 2.45) is 0 Å². The Balaban J connectivity index is 1.89. The highest BCUT2D eigenvalue weighted by atomic mass is 32.2. The first-order valence-electron chi connectivity index (χ1n) is 6.07. The van der Waals surface area contributed by atoms with Crippen LogP contribution in [0, 0.1) is 0 Å². The first-order chi connectivity index (χ1) is 8.16. The number of rotatable bonds is 2. The van der Waals surface area contributed by atoms with Crippen molar-refractivity contribution in [1.82, 2.24) is 10.3 Å². The molecule has 2 saturated heterocycles. The maximum Gasteiger partial charge on any atom is 0.198 e. The van der Waals surface area contributed by atoms with E-state index in [4.69, 9.17) is 0 Å². The summed E-state index contributed by atoms with van der Waals surface area (Å²) < 4.78 is 24.8. The summed E-state index contributed by atoms with van der Waals surface area (Å²) in [5.41, 5.74) is 0. The van der Waals surface area contributed by atoms with Crippen LogP contribution in [-0.4, -0.2) is 30.7 Å². The second-order valence-electron chi connectivity index (χ2n) is 4.94. The third-order valence-corrected chi connectivity index (χ3v) is 5.88. The van der Waals surface area contributed by atoms with Crippen molar-refractivity contribution in [2.45, 2.75) is 48.0 Å². The molecule has 2 aliphatic rings. The predicted molar refractivity (Wildman–Crippen MR) is 64.4 cm³/mol. The van der Waals surface area contributed by atoms with Gasteiger partial charge in [-0.05, 0) is 37.8 Å². The Hall–Kier alpha value is -0.940. The van der Waals surface area contributed by atoms with Crippen molar-refractivity contribution in [3.8, 4) is 0 Å². The van der Waals surface area contributed by atoms with Gasteiger partial charge in [-0.3, -0.25) is 0 Å². The summed E-state index contributed by atoms with van der Waals surface area (Å²) in [6, 6.07) is 5.84. The highest BCUT2D eigenvalue weighted by Gasteiger charge is 2.40. The van der Waals surface area contributed by atoms with E-state index in [1.807, 2.05) is 0 Å². The van der Waals surface area contributed by atoms with Crippen LogP contribution in [0.4, 0.5) is 0 Å². The van der Waals surface area contributed by atoms with E-state index in [-0.39, 0.29) is 10.3 Å². The minimum atomic E-state index is -3.24. The maximum atomic E-state index is 12.4. The Bertz CT molecular complexity index is 488. The number of hydrogen-bond donors (Lipinski definition) is 1. The summed E-state index contributed by atoms with van der Waals surface area (Å²) in [6.45, 7) is 0. The Morgan fingerprint density at radius 3 is 2.47 bits per heavy atom. The zero-order chi connectivity index (χ0) is 11.9. The van der Waals surface area contributed by atoms with Crippen LogP contribution in [0.15, 0.2) is 29.4 Å². The third kappa shape index (κ3) is 1.98. The Morgan fingerprint density at radius 1 is 1.18 bits per heavy atom. The fraction of sp³-hybridized carbons (Fsp3) is 0.583. The van der Waals surface area contributed by atoms with E-state index >= 15 is 0 Å².